The molecule has 4 aromatic rings. The van der Waals surface area contributed by atoms with E-state index in [4.69, 9.17) is 37.8 Å². The molecule has 9 heteroatoms. The van der Waals surface area contributed by atoms with Crippen LogP contribution in [0.1, 0.15) is 11.3 Å². The number of carbonyl (C=O) groups is 1. The van der Waals surface area contributed by atoms with Crippen molar-refractivity contribution >= 4 is 46.7 Å². The molecule has 2 heterocycles. The van der Waals surface area contributed by atoms with E-state index in [-0.39, 0.29) is 12.5 Å². The summed E-state index contributed by atoms with van der Waals surface area (Å²) in [7, 11) is 0. The molecule has 0 aliphatic carbocycles. The highest BCUT2D eigenvalue weighted by atomic mass is 35.5. The highest BCUT2D eigenvalue weighted by Gasteiger charge is 2.25. The Balaban J connectivity index is 1.33. The maximum Gasteiger partial charge on any atom is 0.263 e. The van der Waals surface area contributed by atoms with E-state index < -0.39 is 0 Å². The lowest BCUT2D eigenvalue weighted by Gasteiger charge is -2.13. The number of aromatic nitrogens is 2. The summed E-state index contributed by atoms with van der Waals surface area (Å²) in [6.07, 6.45) is 0. The SMILES string of the molecule is O=C(COc1ccc(Cl)cc1Cl)Nc1c2c(nn1-c1ccc(Oc3ccccc3)cc1)CSC2. The Labute approximate surface area is 210 Å². The number of anilines is 1. The van der Waals surface area contributed by atoms with Gasteiger partial charge in [0.25, 0.3) is 5.91 Å². The van der Waals surface area contributed by atoms with Crippen molar-refractivity contribution in [3.8, 4) is 22.9 Å². The van der Waals surface area contributed by atoms with Crippen molar-refractivity contribution in [2.75, 3.05) is 11.9 Å². The predicted octanol–water partition coefficient (Wildman–Crippen LogP) is 6.74. The van der Waals surface area contributed by atoms with E-state index >= 15 is 0 Å². The first-order valence-electron chi connectivity index (χ1n) is 10.5. The molecule has 0 saturated heterocycles. The fraction of sp³-hybridized carbons (Fsp3) is 0.120. The first kappa shape index (κ1) is 22.7. The quantitative estimate of drug-likeness (QED) is 0.297. The molecule has 1 aliphatic heterocycles. The summed E-state index contributed by atoms with van der Waals surface area (Å²) in [5, 5.41) is 8.55. The zero-order valence-electron chi connectivity index (χ0n) is 17.8. The number of carbonyl (C=O) groups excluding carboxylic acids is 1. The minimum Gasteiger partial charge on any atom is -0.482 e. The topological polar surface area (TPSA) is 65.4 Å². The van der Waals surface area contributed by atoms with Gasteiger partial charge in [0.1, 0.15) is 23.1 Å². The van der Waals surface area contributed by atoms with Gasteiger partial charge in [-0.25, -0.2) is 4.68 Å². The molecule has 3 aromatic carbocycles. The van der Waals surface area contributed by atoms with Gasteiger partial charge in [-0.15, -0.1) is 0 Å². The number of rotatable bonds is 7. The van der Waals surface area contributed by atoms with Crippen molar-refractivity contribution in [3.05, 3.63) is 94.1 Å². The number of hydrogen-bond donors (Lipinski definition) is 1. The molecular formula is C25H19Cl2N3O3S. The fourth-order valence-electron chi connectivity index (χ4n) is 3.51. The van der Waals surface area contributed by atoms with E-state index in [1.807, 2.05) is 54.6 Å². The lowest BCUT2D eigenvalue weighted by Crippen LogP contribution is -2.22. The van der Waals surface area contributed by atoms with Crippen molar-refractivity contribution in [1.82, 2.24) is 9.78 Å². The number of thioether (sulfide) groups is 1. The Kier molecular flexibility index (Phi) is 6.67. The molecule has 0 spiro atoms. The first-order valence-corrected chi connectivity index (χ1v) is 12.4. The molecule has 6 nitrogen and oxygen atoms in total. The molecule has 1 amide bonds. The van der Waals surface area contributed by atoms with Gasteiger partial charge in [0.05, 0.1) is 16.4 Å². The summed E-state index contributed by atoms with van der Waals surface area (Å²) in [6.45, 7) is -0.196. The largest absolute Gasteiger partial charge is 0.482 e. The third-order valence-electron chi connectivity index (χ3n) is 5.12. The number of ether oxygens (including phenoxy) is 2. The molecule has 34 heavy (non-hydrogen) atoms. The van der Waals surface area contributed by atoms with E-state index in [1.54, 1.807) is 34.6 Å². The van der Waals surface area contributed by atoms with Crippen LogP contribution < -0.4 is 14.8 Å². The smallest absolute Gasteiger partial charge is 0.263 e. The number of fused-ring (bicyclic) bond motifs is 1. The van der Waals surface area contributed by atoms with Crippen LogP contribution in [0.3, 0.4) is 0 Å². The van der Waals surface area contributed by atoms with Crippen molar-refractivity contribution in [2.24, 2.45) is 0 Å². The molecule has 0 atom stereocenters. The predicted molar refractivity (Wildman–Crippen MR) is 136 cm³/mol. The Hall–Kier alpha value is -3.13. The van der Waals surface area contributed by atoms with Gasteiger partial charge in [0.2, 0.25) is 0 Å². The van der Waals surface area contributed by atoms with Gasteiger partial charge >= 0.3 is 0 Å². The third kappa shape index (κ3) is 5.01. The van der Waals surface area contributed by atoms with Gasteiger partial charge in [-0.3, -0.25) is 4.79 Å². The molecule has 5 rings (SSSR count). The summed E-state index contributed by atoms with van der Waals surface area (Å²) in [6, 6.07) is 22.0. The van der Waals surface area contributed by atoms with Crippen molar-refractivity contribution in [2.45, 2.75) is 11.5 Å². The monoisotopic (exact) mass is 511 g/mol. The Bertz CT molecular complexity index is 1330. The molecule has 0 saturated carbocycles. The van der Waals surface area contributed by atoms with E-state index in [0.29, 0.717) is 27.4 Å². The third-order valence-corrected chi connectivity index (χ3v) is 6.62. The molecule has 1 aromatic heterocycles. The van der Waals surface area contributed by atoms with E-state index in [9.17, 15) is 4.79 Å². The number of benzene rings is 3. The van der Waals surface area contributed by atoms with Crippen molar-refractivity contribution in [1.29, 1.82) is 0 Å². The maximum absolute atomic E-state index is 12.7. The second-order valence-corrected chi connectivity index (χ2v) is 9.33. The second kappa shape index (κ2) is 10.0. The first-order chi connectivity index (χ1) is 16.6. The zero-order chi connectivity index (χ0) is 23.5. The number of nitrogens with one attached hydrogen (secondary N) is 1. The van der Waals surface area contributed by atoms with Gasteiger partial charge in [0, 0.05) is 22.1 Å². The van der Waals surface area contributed by atoms with E-state index in [1.165, 1.54) is 0 Å². The molecule has 0 bridgehead atoms. The summed E-state index contributed by atoms with van der Waals surface area (Å²) in [4.78, 5) is 12.7. The average Bonchev–Trinajstić information content (AvgIpc) is 3.42. The number of para-hydroxylation sites is 1. The number of amides is 1. The highest BCUT2D eigenvalue weighted by Crippen LogP contribution is 2.36. The number of hydrogen-bond acceptors (Lipinski definition) is 5. The normalized spacial score (nSPS) is 12.3. The van der Waals surface area contributed by atoms with Crippen LogP contribution in [-0.4, -0.2) is 22.3 Å². The zero-order valence-corrected chi connectivity index (χ0v) is 20.2. The molecule has 1 aliphatic rings. The van der Waals surface area contributed by atoms with Crippen LogP contribution in [-0.2, 0) is 16.3 Å². The number of halogens is 2. The summed E-state index contributed by atoms with van der Waals surface area (Å²) in [5.74, 6) is 3.79. The van der Waals surface area contributed by atoms with Gasteiger partial charge in [-0.2, -0.15) is 16.9 Å². The van der Waals surface area contributed by atoms with Crippen LogP contribution in [0.15, 0.2) is 72.8 Å². The molecule has 0 fully saturated rings. The summed E-state index contributed by atoms with van der Waals surface area (Å²) in [5.41, 5.74) is 2.80. The highest BCUT2D eigenvalue weighted by molar-refractivity contribution is 7.98. The van der Waals surface area contributed by atoms with Crippen LogP contribution in [0.4, 0.5) is 5.82 Å². The van der Waals surface area contributed by atoms with Crippen LogP contribution in [0.5, 0.6) is 17.2 Å². The molecule has 0 radical (unpaired) electrons. The standard InChI is InChI=1S/C25H19Cl2N3O3S/c26-16-6-11-23(21(27)12-16)32-13-24(31)28-25-20-14-34-15-22(20)29-30(25)17-7-9-19(10-8-17)33-18-4-2-1-3-5-18/h1-12H,13-15H2,(H,28,31). The minimum atomic E-state index is -0.309. The molecule has 0 unspecified atom stereocenters. The summed E-state index contributed by atoms with van der Waals surface area (Å²) < 4.78 is 13.2. The van der Waals surface area contributed by atoms with Crippen molar-refractivity contribution in [3.63, 3.8) is 0 Å². The average molecular weight is 512 g/mol. The molecular weight excluding hydrogens is 493 g/mol. The van der Waals surface area contributed by atoms with Crippen LogP contribution >= 0.6 is 35.0 Å². The Morgan fingerprint density at radius 2 is 1.76 bits per heavy atom. The molecule has 1 N–H and O–H groups in total. The Morgan fingerprint density at radius 3 is 2.53 bits per heavy atom. The lowest BCUT2D eigenvalue weighted by molar-refractivity contribution is -0.118. The maximum atomic E-state index is 12.7. The summed E-state index contributed by atoms with van der Waals surface area (Å²) >= 11 is 13.8. The van der Waals surface area contributed by atoms with Gasteiger partial charge in [-0.1, -0.05) is 41.4 Å². The Morgan fingerprint density at radius 1 is 1.00 bits per heavy atom. The van der Waals surface area contributed by atoms with Crippen LogP contribution in [0.25, 0.3) is 5.69 Å². The minimum absolute atomic E-state index is 0.196. The number of nitrogens with zero attached hydrogens (tertiary/aromatic N) is 2. The van der Waals surface area contributed by atoms with Gasteiger partial charge in [0.15, 0.2) is 6.61 Å². The fourth-order valence-corrected chi connectivity index (χ4v) is 5.01. The van der Waals surface area contributed by atoms with E-state index in [0.717, 1.165) is 34.2 Å². The van der Waals surface area contributed by atoms with Gasteiger partial charge in [-0.05, 0) is 54.6 Å². The van der Waals surface area contributed by atoms with Gasteiger partial charge < -0.3 is 14.8 Å². The van der Waals surface area contributed by atoms with Crippen LogP contribution in [0.2, 0.25) is 10.0 Å². The van der Waals surface area contributed by atoms with E-state index in [2.05, 4.69) is 5.32 Å². The molecule has 172 valence electrons. The van der Waals surface area contributed by atoms with Crippen LogP contribution in [0, 0.1) is 0 Å². The van der Waals surface area contributed by atoms with Crippen molar-refractivity contribution < 1.29 is 14.3 Å². The second-order valence-electron chi connectivity index (χ2n) is 7.50. The lowest BCUT2D eigenvalue weighted by atomic mass is 10.2.